The summed E-state index contributed by atoms with van der Waals surface area (Å²) in [4.78, 5) is 4.54. The van der Waals surface area contributed by atoms with Gasteiger partial charge in [0.2, 0.25) is 0 Å². The van der Waals surface area contributed by atoms with E-state index in [9.17, 15) is 0 Å². The Morgan fingerprint density at radius 1 is 1.28 bits per heavy atom. The highest BCUT2D eigenvalue weighted by Gasteiger charge is 2.38. The minimum atomic E-state index is 0.668. The van der Waals surface area contributed by atoms with Gasteiger partial charge >= 0.3 is 0 Å². The number of imidazole rings is 1. The molecule has 0 radical (unpaired) electrons. The lowest BCUT2D eigenvalue weighted by Gasteiger charge is -1.99. The first-order valence-corrected chi connectivity index (χ1v) is 6.68. The number of nitrogens with two attached hydrogens (primary N) is 1. The van der Waals surface area contributed by atoms with E-state index in [-0.39, 0.29) is 0 Å². The van der Waals surface area contributed by atoms with E-state index in [1.807, 2.05) is 12.4 Å². The van der Waals surface area contributed by atoms with Gasteiger partial charge in [0, 0.05) is 17.8 Å². The van der Waals surface area contributed by atoms with E-state index in [4.69, 9.17) is 5.73 Å². The smallest absolute Gasteiger partial charge is 0.0995 e. The standard InChI is InChI=1S/C15H19N3/c16-8-4-5-12-9-14(12)15-10-18(11-17-15)13-6-2-1-3-7-13/h1-3,6-7,10-12,14H,4-5,8-9,16H2/t12-,14+/m0/s1. The Hall–Kier alpha value is -1.61. The first-order valence-electron chi connectivity index (χ1n) is 6.68. The van der Waals surface area contributed by atoms with E-state index in [1.54, 1.807) is 0 Å². The first-order chi connectivity index (χ1) is 8.88. The molecule has 0 saturated heterocycles. The molecule has 94 valence electrons. The quantitative estimate of drug-likeness (QED) is 0.874. The molecule has 0 unspecified atom stereocenters. The Labute approximate surface area is 108 Å². The van der Waals surface area contributed by atoms with Crippen molar-refractivity contribution in [1.29, 1.82) is 0 Å². The minimum Gasteiger partial charge on any atom is -0.330 e. The van der Waals surface area contributed by atoms with Crippen LogP contribution < -0.4 is 5.73 Å². The third-order valence-electron chi connectivity index (χ3n) is 3.74. The second-order valence-corrected chi connectivity index (χ2v) is 5.07. The number of aromatic nitrogens is 2. The number of hydrogen-bond acceptors (Lipinski definition) is 2. The molecule has 0 amide bonds. The van der Waals surface area contributed by atoms with E-state index in [0.717, 1.165) is 18.9 Å². The first kappa shape index (κ1) is 11.5. The van der Waals surface area contributed by atoms with Crippen molar-refractivity contribution in [2.24, 2.45) is 11.7 Å². The SMILES string of the molecule is NCCC[C@H]1C[C@H]1c1cn(-c2ccccc2)cn1. The third-order valence-corrected chi connectivity index (χ3v) is 3.74. The maximum absolute atomic E-state index is 5.55. The van der Waals surface area contributed by atoms with Gasteiger partial charge in [0.05, 0.1) is 12.0 Å². The van der Waals surface area contributed by atoms with Crippen molar-refractivity contribution in [2.45, 2.75) is 25.2 Å². The van der Waals surface area contributed by atoms with E-state index >= 15 is 0 Å². The highest BCUT2D eigenvalue weighted by molar-refractivity contribution is 5.32. The molecule has 0 bridgehead atoms. The number of hydrogen-bond donors (Lipinski definition) is 1. The molecule has 1 aromatic heterocycles. The van der Waals surface area contributed by atoms with Crippen LogP contribution in [0.3, 0.4) is 0 Å². The lowest BCUT2D eigenvalue weighted by atomic mass is 10.1. The molecule has 3 nitrogen and oxygen atoms in total. The second kappa shape index (κ2) is 4.94. The normalized spacial score (nSPS) is 22.1. The number of rotatable bonds is 5. The summed E-state index contributed by atoms with van der Waals surface area (Å²) >= 11 is 0. The second-order valence-electron chi connectivity index (χ2n) is 5.07. The summed E-state index contributed by atoms with van der Waals surface area (Å²) in [6, 6.07) is 10.3. The zero-order valence-corrected chi connectivity index (χ0v) is 10.5. The van der Waals surface area contributed by atoms with Crippen LogP contribution in [0, 0.1) is 5.92 Å². The molecule has 3 rings (SSSR count). The zero-order chi connectivity index (χ0) is 12.4. The van der Waals surface area contributed by atoms with Gasteiger partial charge in [0.25, 0.3) is 0 Å². The van der Waals surface area contributed by atoms with Crippen LogP contribution in [0.5, 0.6) is 0 Å². The van der Waals surface area contributed by atoms with Gasteiger partial charge < -0.3 is 10.3 Å². The summed E-state index contributed by atoms with van der Waals surface area (Å²) in [5.41, 5.74) is 7.96. The van der Waals surface area contributed by atoms with Crippen LogP contribution in [0.25, 0.3) is 5.69 Å². The molecule has 2 N–H and O–H groups in total. The van der Waals surface area contributed by atoms with E-state index in [0.29, 0.717) is 5.92 Å². The summed E-state index contributed by atoms with van der Waals surface area (Å²) in [7, 11) is 0. The summed E-state index contributed by atoms with van der Waals surface area (Å²) in [6.45, 7) is 0.807. The van der Waals surface area contributed by atoms with Crippen molar-refractivity contribution in [2.75, 3.05) is 6.54 Å². The van der Waals surface area contributed by atoms with Crippen molar-refractivity contribution in [3.63, 3.8) is 0 Å². The van der Waals surface area contributed by atoms with Gasteiger partial charge in [-0.3, -0.25) is 0 Å². The van der Waals surface area contributed by atoms with Crippen LogP contribution in [-0.2, 0) is 0 Å². The Morgan fingerprint density at radius 3 is 2.89 bits per heavy atom. The molecule has 1 aromatic carbocycles. The average molecular weight is 241 g/mol. The summed E-state index contributed by atoms with van der Waals surface area (Å²) in [6.07, 6.45) is 7.76. The van der Waals surface area contributed by atoms with Crippen molar-refractivity contribution in [1.82, 2.24) is 9.55 Å². The lowest BCUT2D eigenvalue weighted by molar-refractivity contribution is 0.655. The summed E-state index contributed by atoms with van der Waals surface area (Å²) in [5, 5.41) is 0. The fourth-order valence-corrected chi connectivity index (χ4v) is 2.58. The zero-order valence-electron chi connectivity index (χ0n) is 10.5. The van der Waals surface area contributed by atoms with E-state index in [2.05, 4.69) is 40.0 Å². The fourth-order valence-electron chi connectivity index (χ4n) is 2.58. The molecule has 1 saturated carbocycles. The van der Waals surface area contributed by atoms with E-state index < -0.39 is 0 Å². The predicted molar refractivity (Wildman–Crippen MR) is 72.7 cm³/mol. The number of para-hydroxylation sites is 1. The highest BCUT2D eigenvalue weighted by atomic mass is 15.0. The monoisotopic (exact) mass is 241 g/mol. The summed E-state index contributed by atoms with van der Waals surface area (Å²) < 4.78 is 2.10. The molecule has 0 spiro atoms. The van der Waals surface area contributed by atoms with Gasteiger partial charge in [-0.05, 0) is 43.9 Å². The highest BCUT2D eigenvalue weighted by Crippen LogP contribution is 2.49. The molecule has 2 aromatic rings. The molecular formula is C15H19N3. The maximum Gasteiger partial charge on any atom is 0.0995 e. The van der Waals surface area contributed by atoms with Crippen molar-refractivity contribution in [3.8, 4) is 5.69 Å². The van der Waals surface area contributed by atoms with Crippen molar-refractivity contribution < 1.29 is 0 Å². The van der Waals surface area contributed by atoms with Crippen LogP contribution in [-0.4, -0.2) is 16.1 Å². The van der Waals surface area contributed by atoms with Gasteiger partial charge in [-0.25, -0.2) is 4.98 Å². The lowest BCUT2D eigenvalue weighted by Crippen LogP contribution is -1.98. The molecule has 18 heavy (non-hydrogen) atoms. The van der Waals surface area contributed by atoms with Gasteiger partial charge in [-0.15, -0.1) is 0 Å². The molecule has 2 atom stereocenters. The molecule has 1 aliphatic rings. The molecule has 1 fully saturated rings. The van der Waals surface area contributed by atoms with Crippen LogP contribution in [0.15, 0.2) is 42.9 Å². The molecule has 1 heterocycles. The van der Waals surface area contributed by atoms with Crippen molar-refractivity contribution in [3.05, 3.63) is 48.5 Å². The Balaban J connectivity index is 1.68. The topological polar surface area (TPSA) is 43.8 Å². The molecule has 3 heteroatoms. The average Bonchev–Trinajstić information content (AvgIpc) is 3.03. The van der Waals surface area contributed by atoms with E-state index in [1.165, 1.54) is 24.2 Å². The van der Waals surface area contributed by atoms with Crippen LogP contribution >= 0.6 is 0 Å². The van der Waals surface area contributed by atoms with Crippen LogP contribution in [0.1, 0.15) is 30.9 Å². The van der Waals surface area contributed by atoms with Crippen LogP contribution in [0.2, 0.25) is 0 Å². The summed E-state index contributed by atoms with van der Waals surface area (Å²) in [5.74, 6) is 1.48. The number of benzene rings is 1. The van der Waals surface area contributed by atoms with Gasteiger partial charge in [0.1, 0.15) is 0 Å². The molecule has 1 aliphatic carbocycles. The Kier molecular flexibility index (Phi) is 3.15. The van der Waals surface area contributed by atoms with Gasteiger partial charge in [-0.2, -0.15) is 0 Å². The molecular weight excluding hydrogens is 222 g/mol. The predicted octanol–water partition coefficient (Wildman–Crippen LogP) is 2.71. The maximum atomic E-state index is 5.55. The van der Waals surface area contributed by atoms with Gasteiger partial charge in [0.15, 0.2) is 0 Å². The largest absolute Gasteiger partial charge is 0.330 e. The Bertz CT molecular complexity index is 503. The van der Waals surface area contributed by atoms with Crippen LogP contribution in [0.4, 0.5) is 0 Å². The molecule has 0 aliphatic heterocycles. The Morgan fingerprint density at radius 2 is 2.11 bits per heavy atom. The number of nitrogens with zero attached hydrogens (tertiary/aromatic N) is 2. The third kappa shape index (κ3) is 2.31. The fraction of sp³-hybridized carbons (Fsp3) is 0.400. The van der Waals surface area contributed by atoms with Crippen molar-refractivity contribution >= 4 is 0 Å². The van der Waals surface area contributed by atoms with Gasteiger partial charge in [-0.1, -0.05) is 18.2 Å². The minimum absolute atomic E-state index is 0.668.